The number of rotatable bonds is 4. The fourth-order valence-electron chi connectivity index (χ4n) is 1.47. The van der Waals surface area contributed by atoms with Crippen LogP contribution in [0.3, 0.4) is 0 Å². The predicted molar refractivity (Wildman–Crippen MR) is 71.7 cm³/mol. The molecule has 1 rings (SSSR count). The molecule has 19 heavy (non-hydrogen) atoms. The molecule has 0 atom stereocenters. The molecule has 0 fully saturated rings. The molecule has 1 aromatic carbocycles. The van der Waals surface area contributed by atoms with Gasteiger partial charge in [0.05, 0.1) is 11.5 Å². The third-order valence-corrected chi connectivity index (χ3v) is 3.96. The van der Waals surface area contributed by atoms with Gasteiger partial charge in [0.25, 0.3) is 0 Å². The van der Waals surface area contributed by atoms with Crippen LogP contribution in [0, 0.1) is 18.2 Å². The second kappa shape index (κ2) is 5.56. The minimum Gasteiger partial charge on any atom is -0.392 e. The summed E-state index contributed by atoms with van der Waals surface area (Å²) in [5, 5.41) is 9.04. The number of sulfonamides is 1. The van der Waals surface area contributed by atoms with Gasteiger partial charge >= 0.3 is 0 Å². The highest BCUT2D eigenvalue weighted by Crippen LogP contribution is 2.20. The van der Waals surface area contributed by atoms with E-state index in [0.717, 1.165) is 6.07 Å². The lowest BCUT2D eigenvalue weighted by atomic mass is 9.98. The van der Waals surface area contributed by atoms with Crippen LogP contribution >= 0.6 is 0 Å². The maximum atomic E-state index is 13.6. The average molecular weight is 289 g/mol. The van der Waals surface area contributed by atoms with Gasteiger partial charge in [-0.3, -0.25) is 0 Å². The summed E-state index contributed by atoms with van der Waals surface area (Å²) < 4.78 is 40.2. The molecule has 1 aromatic rings. The number of aliphatic hydroxyl groups is 1. The van der Waals surface area contributed by atoms with E-state index in [-0.39, 0.29) is 28.0 Å². The second-order valence-electron chi connectivity index (χ2n) is 5.76. The first-order valence-corrected chi connectivity index (χ1v) is 7.45. The SMILES string of the molecule is Cc1cc(S(=O)(=O)NCC(C)(C)C)cc(CO)c1F. The van der Waals surface area contributed by atoms with E-state index in [9.17, 15) is 12.8 Å². The van der Waals surface area contributed by atoms with Crippen molar-refractivity contribution in [2.75, 3.05) is 6.54 Å². The summed E-state index contributed by atoms with van der Waals surface area (Å²) in [6.45, 7) is 6.94. The second-order valence-corrected chi connectivity index (χ2v) is 7.52. The van der Waals surface area contributed by atoms with Crippen LogP contribution in [0.25, 0.3) is 0 Å². The van der Waals surface area contributed by atoms with E-state index in [1.165, 1.54) is 13.0 Å². The summed E-state index contributed by atoms with van der Waals surface area (Å²) in [7, 11) is -3.69. The molecule has 0 aromatic heterocycles. The van der Waals surface area contributed by atoms with Crippen LogP contribution in [0.4, 0.5) is 4.39 Å². The van der Waals surface area contributed by atoms with Crippen LogP contribution < -0.4 is 4.72 Å². The maximum Gasteiger partial charge on any atom is 0.240 e. The molecule has 0 spiro atoms. The Kier molecular flexibility index (Phi) is 4.71. The van der Waals surface area contributed by atoms with Crippen molar-refractivity contribution in [3.05, 3.63) is 29.1 Å². The molecule has 0 unspecified atom stereocenters. The van der Waals surface area contributed by atoms with E-state index in [4.69, 9.17) is 5.11 Å². The van der Waals surface area contributed by atoms with Crippen molar-refractivity contribution in [2.45, 2.75) is 39.2 Å². The monoisotopic (exact) mass is 289 g/mol. The van der Waals surface area contributed by atoms with Crippen molar-refractivity contribution < 1.29 is 17.9 Å². The molecule has 0 bridgehead atoms. The predicted octanol–water partition coefficient (Wildman–Crippen LogP) is 1.95. The lowest BCUT2D eigenvalue weighted by molar-refractivity contribution is 0.275. The molecule has 0 radical (unpaired) electrons. The zero-order valence-corrected chi connectivity index (χ0v) is 12.4. The minimum absolute atomic E-state index is 0.0175. The lowest BCUT2D eigenvalue weighted by Gasteiger charge is -2.19. The Bertz CT molecular complexity index is 562. The standard InChI is InChI=1S/C13H20FNO3S/c1-9-5-11(6-10(7-16)12(9)14)19(17,18)15-8-13(2,3)4/h5-6,15-16H,7-8H2,1-4H3. The van der Waals surface area contributed by atoms with Crippen LogP contribution in [-0.2, 0) is 16.6 Å². The third-order valence-electron chi connectivity index (χ3n) is 2.58. The molecular formula is C13H20FNO3S. The molecule has 0 saturated heterocycles. The largest absolute Gasteiger partial charge is 0.392 e. The quantitative estimate of drug-likeness (QED) is 0.890. The van der Waals surface area contributed by atoms with Gasteiger partial charge in [0.2, 0.25) is 10.0 Å². The van der Waals surface area contributed by atoms with Crippen molar-refractivity contribution in [3.8, 4) is 0 Å². The van der Waals surface area contributed by atoms with Crippen LogP contribution in [-0.4, -0.2) is 20.1 Å². The maximum absolute atomic E-state index is 13.6. The summed E-state index contributed by atoms with van der Waals surface area (Å²) in [6.07, 6.45) is 0. The molecular weight excluding hydrogens is 269 g/mol. The first-order chi connectivity index (χ1) is 8.57. The smallest absolute Gasteiger partial charge is 0.240 e. The van der Waals surface area contributed by atoms with Gasteiger partial charge in [-0.25, -0.2) is 17.5 Å². The molecule has 4 nitrogen and oxygen atoms in total. The fraction of sp³-hybridized carbons (Fsp3) is 0.538. The van der Waals surface area contributed by atoms with Gasteiger partial charge in [0, 0.05) is 12.1 Å². The molecule has 108 valence electrons. The molecule has 2 N–H and O–H groups in total. The zero-order valence-electron chi connectivity index (χ0n) is 11.6. The average Bonchev–Trinajstić information content (AvgIpc) is 2.29. The normalized spacial score (nSPS) is 12.7. The molecule has 0 heterocycles. The Hall–Kier alpha value is -0.980. The van der Waals surface area contributed by atoms with Gasteiger partial charge < -0.3 is 5.11 Å². The van der Waals surface area contributed by atoms with Gasteiger partial charge in [-0.15, -0.1) is 0 Å². The van der Waals surface area contributed by atoms with Crippen LogP contribution in [0.5, 0.6) is 0 Å². The number of aryl methyl sites for hydroxylation is 1. The van der Waals surface area contributed by atoms with E-state index in [1.807, 2.05) is 20.8 Å². The van der Waals surface area contributed by atoms with Crippen molar-refractivity contribution in [2.24, 2.45) is 5.41 Å². The van der Waals surface area contributed by atoms with E-state index in [1.54, 1.807) is 0 Å². The Balaban J connectivity index is 3.12. The third kappa shape index (κ3) is 4.26. The van der Waals surface area contributed by atoms with E-state index in [0.29, 0.717) is 0 Å². The van der Waals surface area contributed by atoms with E-state index >= 15 is 0 Å². The number of halogens is 1. The van der Waals surface area contributed by atoms with Gasteiger partial charge in [0.15, 0.2) is 0 Å². The summed E-state index contributed by atoms with van der Waals surface area (Å²) in [5.41, 5.74) is -0.0130. The van der Waals surface area contributed by atoms with Gasteiger partial charge in [-0.2, -0.15) is 0 Å². The number of benzene rings is 1. The summed E-state index contributed by atoms with van der Waals surface area (Å²) >= 11 is 0. The van der Waals surface area contributed by atoms with Crippen LogP contribution in [0.1, 0.15) is 31.9 Å². The highest BCUT2D eigenvalue weighted by molar-refractivity contribution is 7.89. The topological polar surface area (TPSA) is 66.4 Å². The van der Waals surface area contributed by atoms with Crippen molar-refractivity contribution in [1.29, 1.82) is 0 Å². The number of hydrogen-bond acceptors (Lipinski definition) is 3. The van der Waals surface area contributed by atoms with E-state index < -0.39 is 22.4 Å². The molecule has 6 heteroatoms. The Labute approximate surface area is 113 Å². The van der Waals surface area contributed by atoms with Crippen LogP contribution in [0.2, 0.25) is 0 Å². The molecule has 0 aliphatic heterocycles. The molecule has 0 saturated carbocycles. The first-order valence-electron chi connectivity index (χ1n) is 5.96. The Morgan fingerprint density at radius 1 is 1.32 bits per heavy atom. The van der Waals surface area contributed by atoms with Crippen molar-refractivity contribution in [1.82, 2.24) is 4.72 Å². The zero-order chi connectivity index (χ0) is 14.8. The lowest BCUT2D eigenvalue weighted by Crippen LogP contribution is -2.32. The fourth-order valence-corrected chi connectivity index (χ4v) is 2.89. The summed E-state index contributed by atoms with van der Waals surface area (Å²) in [4.78, 5) is -0.0281. The Morgan fingerprint density at radius 2 is 1.89 bits per heavy atom. The number of aliphatic hydroxyl groups excluding tert-OH is 1. The van der Waals surface area contributed by atoms with Gasteiger partial charge in [-0.05, 0) is 30.0 Å². The molecule has 0 aliphatic rings. The van der Waals surface area contributed by atoms with Gasteiger partial charge in [0.1, 0.15) is 5.82 Å². The Morgan fingerprint density at radius 3 is 2.37 bits per heavy atom. The first kappa shape index (κ1) is 16.1. The summed E-state index contributed by atoms with van der Waals surface area (Å²) in [6, 6.07) is 2.42. The van der Waals surface area contributed by atoms with Crippen molar-refractivity contribution >= 4 is 10.0 Å². The van der Waals surface area contributed by atoms with Crippen LogP contribution in [0.15, 0.2) is 17.0 Å². The number of nitrogens with one attached hydrogen (secondary N) is 1. The number of hydrogen-bond donors (Lipinski definition) is 2. The van der Waals surface area contributed by atoms with E-state index in [2.05, 4.69) is 4.72 Å². The highest BCUT2D eigenvalue weighted by Gasteiger charge is 2.20. The minimum atomic E-state index is -3.69. The van der Waals surface area contributed by atoms with Gasteiger partial charge in [-0.1, -0.05) is 20.8 Å². The molecule has 0 amide bonds. The summed E-state index contributed by atoms with van der Waals surface area (Å²) in [5.74, 6) is -0.572. The molecule has 0 aliphatic carbocycles. The van der Waals surface area contributed by atoms with Crippen molar-refractivity contribution in [3.63, 3.8) is 0 Å². The highest BCUT2D eigenvalue weighted by atomic mass is 32.2.